The number of halogens is 1. The number of non-ortho nitro benzene ring substituents is 1. The van der Waals surface area contributed by atoms with Crippen molar-refractivity contribution < 1.29 is 9.72 Å². The number of aryl methyl sites for hydroxylation is 2. The van der Waals surface area contributed by atoms with Gasteiger partial charge in [0, 0.05) is 56.0 Å². The van der Waals surface area contributed by atoms with E-state index in [4.69, 9.17) is 16.6 Å². The molecule has 0 atom stereocenters. The molecule has 0 N–H and O–H groups in total. The Hall–Kier alpha value is -3.52. The van der Waals surface area contributed by atoms with Crippen molar-refractivity contribution >= 4 is 29.0 Å². The first-order valence-corrected chi connectivity index (χ1v) is 11.6. The average Bonchev–Trinajstić information content (AvgIpc) is 3.07. The van der Waals surface area contributed by atoms with Crippen LogP contribution < -0.4 is 4.90 Å². The smallest absolute Gasteiger partial charge is 0.270 e. The number of hydrogen-bond acceptors (Lipinski definition) is 6. The van der Waals surface area contributed by atoms with Gasteiger partial charge >= 0.3 is 0 Å². The molecule has 0 bridgehead atoms. The van der Waals surface area contributed by atoms with Crippen molar-refractivity contribution in [3.63, 3.8) is 0 Å². The molecule has 1 aromatic heterocycles. The highest BCUT2D eigenvalue weighted by atomic mass is 35.5. The van der Waals surface area contributed by atoms with Crippen LogP contribution in [0.2, 0.25) is 5.02 Å². The molecule has 9 heteroatoms. The van der Waals surface area contributed by atoms with Gasteiger partial charge in [-0.15, -0.1) is 0 Å². The van der Waals surface area contributed by atoms with E-state index in [1.807, 2.05) is 32.0 Å². The summed E-state index contributed by atoms with van der Waals surface area (Å²) in [6, 6.07) is 14.2. The van der Waals surface area contributed by atoms with Gasteiger partial charge in [0.25, 0.3) is 11.6 Å². The molecule has 8 nitrogen and oxygen atoms in total. The molecular weight excluding hydrogens is 454 g/mol. The number of carbonyl (C=O) groups is 1. The minimum atomic E-state index is -0.525. The summed E-state index contributed by atoms with van der Waals surface area (Å²) in [4.78, 5) is 37.0. The van der Waals surface area contributed by atoms with Crippen LogP contribution in [-0.4, -0.2) is 51.9 Å². The molecular formula is C25H26ClN5O3. The highest BCUT2D eigenvalue weighted by Crippen LogP contribution is 2.27. The molecule has 34 heavy (non-hydrogen) atoms. The van der Waals surface area contributed by atoms with Gasteiger partial charge in [-0.25, -0.2) is 9.97 Å². The predicted molar refractivity (Wildman–Crippen MR) is 132 cm³/mol. The average molecular weight is 480 g/mol. The predicted octanol–water partition coefficient (Wildman–Crippen LogP) is 4.60. The third-order valence-electron chi connectivity index (χ3n) is 6.00. The normalized spacial score (nSPS) is 14.1. The molecule has 1 amide bonds. The van der Waals surface area contributed by atoms with Crippen molar-refractivity contribution in [1.29, 1.82) is 0 Å². The van der Waals surface area contributed by atoms with Crippen LogP contribution in [0.4, 0.5) is 11.5 Å². The topological polar surface area (TPSA) is 92.5 Å². The van der Waals surface area contributed by atoms with Gasteiger partial charge in [0.2, 0.25) is 0 Å². The standard InChI is InChI=1S/C25H26ClN5O3/c1-17-22(15-19-7-4-3-5-8-19)24(28-18(2)27-17)29-11-6-12-30(14-13-29)25(32)21-10-9-20(31(33)34)16-23(21)26/h3-5,7-10,16H,6,11-15H2,1-2H3. The zero-order valence-corrected chi connectivity index (χ0v) is 20.0. The number of benzene rings is 2. The molecule has 3 aromatic rings. The van der Waals surface area contributed by atoms with Crippen LogP contribution >= 0.6 is 11.6 Å². The Morgan fingerprint density at radius 2 is 1.82 bits per heavy atom. The largest absolute Gasteiger partial charge is 0.354 e. The summed E-state index contributed by atoms with van der Waals surface area (Å²) in [6.07, 6.45) is 1.50. The van der Waals surface area contributed by atoms with Crippen LogP contribution in [-0.2, 0) is 6.42 Å². The van der Waals surface area contributed by atoms with Crippen LogP contribution in [0.1, 0.15) is 39.4 Å². The molecule has 176 valence electrons. The molecule has 0 aliphatic carbocycles. The highest BCUT2D eigenvalue weighted by Gasteiger charge is 2.25. The second-order valence-electron chi connectivity index (χ2n) is 8.37. The van der Waals surface area contributed by atoms with Gasteiger partial charge in [-0.1, -0.05) is 41.9 Å². The molecule has 0 spiro atoms. The Labute approximate surface area is 203 Å². The number of anilines is 1. The number of amides is 1. The lowest BCUT2D eigenvalue weighted by Gasteiger charge is -2.26. The Bertz CT molecular complexity index is 1220. The Morgan fingerprint density at radius 3 is 2.53 bits per heavy atom. The minimum absolute atomic E-state index is 0.0903. The van der Waals surface area contributed by atoms with E-state index >= 15 is 0 Å². The molecule has 1 saturated heterocycles. The number of aromatic nitrogens is 2. The number of hydrogen-bond donors (Lipinski definition) is 0. The number of nitro benzene ring substituents is 1. The number of nitrogens with zero attached hydrogens (tertiary/aromatic N) is 5. The van der Waals surface area contributed by atoms with Crippen molar-refractivity contribution in [3.05, 3.63) is 91.9 Å². The van der Waals surface area contributed by atoms with E-state index in [2.05, 4.69) is 22.0 Å². The Balaban J connectivity index is 1.55. The fraction of sp³-hybridized carbons (Fsp3) is 0.320. The van der Waals surface area contributed by atoms with Crippen LogP contribution in [0, 0.1) is 24.0 Å². The minimum Gasteiger partial charge on any atom is -0.354 e. The molecule has 0 saturated carbocycles. The maximum Gasteiger partial charge on any atom is 0.270 e. The highest BCUT2D eigenvalue weighted by molar-refractivity contribution is 6.34. The van der Waals surface area contributed by atoms with Gasteiger partial charge in [-0.3, -0.25) is 14.9 Å². The van der Waals surface area contributed by atoms with E-state index < -0.39 is 4.92 Å². The SMILES string of the molecule is Cc1nc(C)c(Cc2ccccc2)c(N2CCCN(C(=O)c3ccc([N+](=O)[O-])cc3Cl)CC2)n1. The second-order valence-corrected chi connectivity index (χ2v) is 8.78. The van der Waals surface area contributed by atoms with Gasteiger partial charge in [0.15, 0.2) is 0 Å². The lowest BCUT2D eigenvalue weighted by molar-refractivity contribution is -0.384. The summed E-state index contributed by atoms with van der Waals surface area (Å²) in [5.41, 5.74) is 3.39. The quantitative estimate of drug-likeness (QED) is 0.392. The third kappa shape index (κ3) is 5.17. The van der Waals surface area contributed by atoms with E-state index in [0.29, 0.717) is 19.6 Å². The van der Waals surface area contributed by atoms with Crippen LogP contribution in [0.15, 0.2) is 48.5 Å². The summed E-state index contributed by atoms with van der Waals surface area (Å²) in [5, 5.41) is 11.1. The van der Waals surface area contributed by atoms with Gasteiger partial charge in [-0.2, -0.15) is 0 Å². The van der Waals surface area contributed by atoms with E-state index in [1.54, 1.807) is 4.90 Å². The number of rotatable bonds is 5. The molecule has 0 radical (unpaired) electrons. The Kier molecular flexibility index (Phi) is 7.07. The lowest BCUT2D eigenvalue weighted by Crippen LogP contribution is -2.36. The maximum absolute atomic E-state index is 13.1. The number of carbonyl (C=O) groups excluding carboxylic acids is 1. The molecule has 4 rings (SSSR count). The number of nitro groups is 1. The lowest BCUT2D eigenvalue weighted by atomic mass is 10.0. The van der Waals surface area contributed by atoms with Gasteiger partial charge in [0.1, 0.15) is 11.6 Å². The molecule has 1 fully saturated rings. The fourth-order valence-corrected chi connectivity index (χ4v) is 4.54. The molecule has 0 unspecified atom stereocenters. The van der Waals surface area contributed by atoms with Crippen molar-refractivity contribution in [2.75, 3.05) is 31.1 Å². The van der Waals surface area contributed by atoms with Crippen molar-refractivity contribution in [2.45, 2.75) is 26.7 Å². The zero-order chi connectivity index (χ0) is 24.2. The van der Waals surface area contributed by atoms with Crippen LogP contribution in [0.5, 0.6) is 0 Å². The molecule has 2 aromatic carbocycles. The van der Waals surface area contributed by atoms with Crippen LogP contribution in [0.25, 0.3) is 0 Å². The van der Waals surface area contributed by atoms with Gasteiger partial charge in [-0.05, 0) is 31.9 Å². The summed E-state index contributed by atoms with van der Waals surface area (Å²) < 4.78 is 0. The summed E-state index contributed by atoms with van der Waals surface area (Å²) in [6.45, 7) is 6.36. The van der Waals surface area contributed by atoms with Crippen molar-refractivity contribution in [3.8, 4) is 0 Å². The zero-order valence-electron chi connectivity index (χ0n) is 19.2. The van der Waals surface area contributed by atoms with E-state index in [-0.39, 0.29) is 22.2 Å². The van der Waals surface area contributed by atoms with E-state index in [0.717, 1.165) is 42.3 Å². The van der Waals surface area contributed by atoms with Crippen molar-refractivity contribution in [1.82, 2.24) is 14.9 Å². The van der Waals surface area contributed by atoms with Crippen LogP contribution in [0.3, 0.4) is 0 Å². The molecule has 2 heterocycles. The molecule has 1 aliphatic heterocycles. The third-order valence-corrected chi connectivity index (χ3v) is 6.32. The monoisotopic (exact) mass is 479 g/mol. The summed E-state index contributed by atoms with van der Waals surface area (Å²) >= 11 is 6.21. The fourth-order valence-electron chi connectivity index (χ4n) is 4.28. The Morgan fingerprint density at radius 1 is 1.06 bits per heavy atom. The van der Waals surface area contributed by atoms with Gasteiger partial charge < -0.3 is 9.80 Å². The first-order chi connectivity index (χ1) is 16.3. The first-order valence-electron chi connectivity index (χ1n) is 11.2. The summed E-state index contributed by atoms with van der Waals surface area (Å²) in [7, 11) is 0. The first kappa shape index (κ1) is 23.6. The van der Waals surface area contributed by atoms with Crippen molar-refractivity contribution in [2.24, 2.45) is 0 Å². The van der Waals surface area contributed by atoms with E-state index in [1.165, 1.54) is 23.8 Å². The summed E-state index contributed by atoms with van der Waals surface area (Å²) in [5.74, 6) is 1.41. The van der Waals surface area contributed by atoms with E-state index in [9.17, 15) is 14.9 Å². The van der Waals surface area contributed by atoms with Gasteiger partial charge in [0.05, 0.1) is 15.5 Å². The maximum atomic E-state index is 13.1. The second kappa shape index (κ2) is 10.2. The molecule has 1 aliphatic rings.